The molecule has 0 spiro atoms. The Labute approximate surface area is 119 Å². The van der Waals surface area contributed by atoms with E-state index in [1.165, 1.54) is 19.4 Å². The van der Waals surface area contributed by atoms with Crippen LogP contribution < -0.4 is 10.6 Å². The maximum atomic E-state index is 11.1. The normalized spacial score (nSPS) is 23.4. The fourth-order valence-corrected chi connectivity index (χ4v) is 3.38. The number of hydrogen-bond acceptors (Lipinski definition) is 4. The minimum Gasteiger partial charge on any atom is -0.478 e. The molecule has 0 bridgehead atoms. The first kappa shape index (κ1) is 13.2. The fourth-order valence-electron chi connectivity index (χ4n) is 3.38. The molecule has 0 aromatic heterocycles. The molecule has 5 nitrogen and oxygen atoms in total. The van der Waals surface area contributed by atoms with Gasteiger partial charge in [0.15, 0.2) is 0 Å². The summed E-state index contributed by atoms with van der Waals surface area (Å²) >= 11 is 0. The molecule has 1 aromatic rings. The van der Waals surface area contributed by atoms with E-state index in [4.69, 9.17) is 10.8 Å². The largest absolute Gasteiger partial charge is 0.478 e. The molecule has 108 valence electrons. The first-order valence-electron chi connectivity index (χ1n) is 7.27. The monoisotopic (exact) mass is 275 g/mol. The van der Waals surface area contributed by atoms with E-state index in [9.17, 15) is 4.79 Å². The zero-order chi connectivity index (χ0) is 14.1. The van der Waals surface area contributed by atoms with E-state index in [0.717, 1.165) is 31.7 Å². The Kier molecular flexibility index (Phi) is 3.53. The Hall–Kier alpha value is -1.75. The van der Waals surface area contributed by atoms with Gasteiger partial charge in [-0.05, 0) is 44.0 Å². The Morgan fingerprint density at radius 3 is 2.85 bits per heavy atom. The average Bonchev–Trinajstić information content (AvgIpc) is 2.76. The topological polar surface area (TPSA) is 69.8 Å². The number of carboxylic acids is 1. The van der Waals surface area contributed by atoms with Crippen molar-refractivity contribution in [3.8, 4) is 0 Å². The van der Waals surface area contributed by atoms with Crippen LogP contribution in [0.2, 0.25) is 0 Å². The SMILES string of the molecule is Nc1ccc(C(=O)O)cc1N1CCCN2CCCC2C1. The number of anilines is 2. The number of carbonyl (C=O) groups is 1. The highest BCUT2D eigenvalue weighted by Gasteiger charge is 2.29. The summed E-state index contributed by atoms with van der Waals surface area (Å²) in [6.45, 7) is 4.23. The van der Waals surface area contributed by atoms with Crippen LogP contribution in [0.5, 0.6) is 0 Å². The van der Waals surface area contributed by atoms with Gasteiger partial charge in [-0.25, -0.2) is 4.79 Å². The van der Waals surface area contributed by atoms with E-state index >= 15 is 0 Å². The fraction of sp³-hybridized carbons (Fsp3) is 0.533. The van der Waals surface area contributed by atoms with Crippen LogP contribution in [0.1, 0.15) is 29.6 Å². The highest BCUT2D eigenvalue weighted by molar-refractivity contribution is 5.90. The van der Waals surface area contributed by atoms with Crippen LogP contribution >= 0.6 is 0 Å². The standard InChI is InChI=1S/C15H21N3O2/c16-13-5-4-11(15(19)20)9-14(13)18-8-2-7-17-6-1-3-12(17)10-18/h4-5,9,12H,1-3,6-8,10,16H2,(H,19,20). The van der Waals surface area contributed by atoms with Crippen molar-refractivity contribution in [1.29, 1.82) is 0 Å². The van der Waals surface area contributed by atoms with Gasteiger partial charge >= 0.3 is 5.97 Å². The van der Waals surface area contributed by atoms with Gasteiger partial charge in [-0.15, -0.1) is 0 Å². The van der Waals surface area contributed by atoms with E-state index in [-0.39, 0.29) is 0 Å². The predicted molar refractivity (Wildman–Crippen MR) is 79.2 cm³/mol. The summed E-state index contributed by atoms with van der Waals surface area (Å²) < 4.78 is 0. The minimum absolute atomic E-state index is 0.307. The average molecular weight is 275 g/mol. The van der Waals surface area contributed by atoms with Gasteiger partial charge in [0.1, 0.15) is 0 Å². The van der Waals surface area contributed by atoms with Crippen molar-refractivity contribution < 1.29 is 9.90 Å². The lowest BCUT2D eigenvalue weighted by atomic mass is 10.1. The minimum atomic E-state index is -0.899. The van der Waals surface area contributed by atoms with Crippen molar-refractivity contribution in [1.82, 2.24) is 4.90 Å². The molecule has 2 saturated heterocycles. The molecule has 3 rings (SSSR count). The summed E-state index contributed by atoms with van der Waals surface area (Å²) in [7, 11) is 0. The molecule has 5 heteroatoms. The highest BCUT2D eigenvalue weighted by Crippen LogP contribution is 2.29. The summed E-state index contributed by atoms with van der Waals surface area (Å²) in [5.74, 6) is -0.899. The number of aromatic carboxylic acids is 1. The molecule has 1 unspecified atom stereocenters. The molecule has 0 aliphatic carbocycles. The molecule has 2 heterocycles. The van der Waals surface area contributed by atoms with Gasteiger partial charge in [-0.3, -0.25) is 4.90 Å². The Morgan fingerprint density at radius 2 is 2.05 bits per heavy atom. The number of benzene rings is 1. The molecule has 0 amide bonds. The molecule has 0 saturated carbocycles. The van der Waals surface area contributed by atoms with Crippen molar-refractivity contribution in [3.05, 3.63) is 23.8 Å². The molecule has 1 aromatic carbocycles. The lowest BCUT2D eigenvalue weighted by Crippen LogP contribution is -2.36. The van der Waals surface area contributed by atoms with Gasteiger partial charge < -0.3 is 15.7 Å². The summed E-state index contributed by atoms with van der Waals surface area (Å²) in [5, 5.41) is 9.14. The lowest BCUT2D eigenvalue weighted by molar-refractivity contribution is 0.0697. The molecule has 3 N–H and O–H groups in total. The van der Waals surface area contributed by atoms with E-state index in [1.54, 1.807) is 18.2 Å². The van der Waals surface area contributed by atoms with Gasteiger partial charge in [0.2, 0.25) is 0 Å². The quantitative estimate of drug-likeness (QED) is 0.803. The lowest BCUT2D eigenvalue weighted by Gasteiger charge is -2.28. The van der Waals surface area contributed by atoms with E-state index < -0.39 is 5.97 Å². The molecular formula is C15H21N3O2. The third kappa shape index (κ3) is 2.45. The van der Waals surface area contributed by atoms with Crippen molar-refractivity contribution in [3.63, 3.8) is 0 Å². The first-order chi connectivity index (χ1) is 9.65. The van der Waals surface area contributed by atoms with Crippen molar-refractivity contribution in [2.75, 3.05) is 36.8 Å². The van der Waals surface area contributed by atoms with Gasteiger partial charge in [0.25, 0.3) is 0 Å². The molecule has 2 aliphatic rings. The van der Waals surface area contributed by atoms with Gasteiger partial charge in [-0.2, -0.15) is 0 Å². The molecule has 0 radical (unpaired) electrons. The molecule has 20 heavy (non-hydrogen) atoms. The second kappa shape index (κ2) is 5.32. The maximum Gasteiger partial charge on any atom is 0.335 e. The highest BCUT2D eigenvalue weighted by atomic mass is 16.4. The van der Waals surface area contributed by atoms with Crippen LogP contribution in [-0.4, -0.2) is 48.2 Å². The van der Waals surface area contributed by atoms with Crippen molar-refractivity contribution in [2.24, 2.45) is 0 Å². The van der Waals surface area contributed by atoms with Crippen LogP contribution in [0.15, 0.2) is 18.2 Å². The number of fused-ring (bicyclic) bond motifs is 1. The van der Waals surface area contributed by atoms with Crippen molar-refractivity contribution in [2.45, 2.75) is 25.3 Å². The maximum absolute atomic E-state index is 11.1. The van der Waals surface area contributed by atoms with Gasteiger partial charge in [-0.1, -0.05) is 0 Å². The summed E-state index contributed by atoms with van der Waals surface area (Å²) in [5.41, 5.74) is 7.91. The van der Waals surface area contributed by atoms with E-state index in [0.29, 0.717) is 17.3 Å². The second-order valence-corrected chi connectivity index (χ2v) is 5.71. The Balaban J connectivity index is 1.87. The predicted octanol–water partition coefficient (Wildman–Crippen LogP) is 1.64. The molecule has 1 atom stereocenters. The number of nitrogen functional groups attached to an aromatic ring is 1. The van der Waals surface area contributed by atoms with Crippen LogP contribution in [-0.2, 0) is 0 Å². The molecule has 2 fully saturated rings. The Morgan fingerprint density at radius 1 is 1.25 bits per heavy atom. The number of carboxylic acid groups (broad SMARTS) is 1. The third-order valence-electron chi connectivity index (χ3n) is 4.42. The van der Waals surface area contributed by atoms with Crippen LogP contribution in [0, 0.1) is 0 Å². The van der Waals surface area contributed by atoms with Gasteiger partial charge in [0, 0.05) is 25.7 Å². The molecular weight excluding hydrogens is 254 g/mol. The van der Waals surface area contributed by atoms with Gasteiger partial charge in [0.05, 0.1) is 16.9 Å². The van der Waals surface area contributed by atoms with Crippen LogP contribution in [0.25, 0.3) is 0 Å². The van der Waals surface area contributed by atoms with E-state index in [2.05, 4.69) is 9.80 Å². The van der Waals surface area contributed by atoms with E-state index in [1.807, 2.05) is 0 Å². The zero-order valence-corrected chi connectivity index (χ0v) is 11.6. The smallest absolute Gasteiger partial charge is 0.335 e. The zero-order valence-electron chi connectivity index (χ0n) is 11.6. The number of hydrogen-bond donors (Lipinski definition) is 2. The number of rotatable bonds is 2. The first-order valence-corrected chi connectivity index (χ1v) is 7.27. The van der Waals surface area contributed by atoms with Crippen LogP contribution in [0.4, 0.5) is 11.4 Å². The molecule has 2 aliphatic heterocycles. The number of nitrogens with zero attached hydrogens (tertiary/aromatic N) is 2. The number of nitrogens with two attached hydrogens (primary N) is 1. The second-order valence-electron chi connectivity index (χ2n) is 5.71. The Bertz CT molecular complexity index is 518. The summed E-state index contributed by atoms with van der Waals surface area (Å²) in [4.78, 5) is 15.9. The third-order valence-corrected chi connectivity index (χ3v) is 4.42. The summed E-state index contributed by atoms with van der Waals surface area (Å²) in [6, 6.07) is 5.57. The summed E-state index contributed by atoms with van der Waals surface area (Å²) in [6.07, 6.45) is 3.60. The van der Waals surface area contributed by atoms with Crippen molar-refractivity contribution >= 4 is 17.3 Å². The van der Waals surface area contributed by atoms with Crippen LogP contribution in [0.3, 0.4) is 0 Å².